The summed E-state index contributed by atoms with van der Waals surface area (Å²) >= 11 is 0. The van der Waals surface area contributed by atoms with Gasteiger partial charge < -0.3 is 4.57 Å². The second-order valence-corrected chi connectivity index (χ2v) is 10.2. The number of aromatic nitrogens is 2. The van der Waals surface area contributed by atoms with Gasteiger partial charge >= 0.3 is 0 Å². The summed E-state index contributed by atoms with van der Waals surface area (Å²) in [6.45, 7) is 1.74. The molecule has 0 atom stereocenters. The number of rotatable bonds is 8. The van der Waals surface area contributed by atoms with Crippen LogP contribution in [0.2, 0.25) is 0 Å². The molecule has 0 fully saturated rings. The minimum absolute atomic E-state index is 0.125. The molecule has 0 amide bonds. The number of hydrogen-bond donors (Lipinski definition) is 0. The van der Waals surface area contributed by atoms with E-state index >= 15 is 0 Å². The van der Waals surface area contributed by atoms with Crippen LogP contribution in [0.25, 0.3) is 0 Å². The highest BCUT2D eigenvalue weighted by Gasteiger charge is 2.38. The first kappa shape index (κ1) is 23.7. The van der Waals surface area contributed by atoms with Gasteiger partial charge in [-0.25, -0.2) is 4.98 Å². The van der Waals surface area contributed by atoms with Crippen LogP contribution >= 0.6 is 0 Å². The number of nitrogens with zero attached hydrogens (tertiary/aromatic N) is 2. The van der Waals surface area contributed by atoms with Crippen LogP contribution in [-0.4, -0.2) is 18.0 Å². The Balaban J connectivity index is 1.58. The van der Waals surface area contributed by atoms with Crippen molar-refractivity contribution in [1.29, 1.82) is 0 Å². The van der Waals surface area contributed by atoms with Gasteiger partial charge in [0.1, 0.15) is 12.1 Å². The van der Waals surface area contributed by atoms with Gasteiger partial charge in [0.05, 0.1) is 16.9 Å². The lowest BCUT2D eigenvalue weighted by Gasteiger charge is -2.37. The SMILES string of the molecule is Cc1ccc(S(=O)(=O)OCc2cn(C(c3ccccc3)(c3ccccc3)c3ccccc3)cn2)cc1. The van der Waals surface area contributed by atoms with Gasteiger partial charge in [0, 0.05) is 6.20 Å². The van der Waals surface area contributed by atoms with Crippen molar-refractivity contribution in [2.24, 2.45) is 0 Å². The summed E-state index contributed by atoms with van der Waals surface area (Å²) in [7, 11) is -3.91. The Bertz CT molecular complexity index is 1430. The molecule has 1 heterocycles. The highest BCUT2D eigenvalue weighted by atomic mass is 32.2. The van der Waals surface area contributed by atoms with E-state index in [1.54, 1.807) is 30.6 Å². The van der Waals surface area contributed by atoms with Crippen LogP contribution in [0.4, 0.5) is 0 Å². The Morgan fingerprint density at radius 3 is 1.67 bits per heavy atom. The first-order chi connectivity index (χ1) is 17.5. The van der Waals surface area contributed by atoms with E-state index in [9.17, 15) is 8.42 Å². The molecular weight excluding hydrogens is 468 g/mol. The van der Waals surface area contributed by atoms with Crippen molar-refractivity contribution in [3.8, 4) is 0 Å². The van der Waals surface area contributed by atoms with Crippen LogP contribution in [0, 0.1) is 6.92 Å². The van der Waals surface area contributed by atoms with Crippen LogP contribution in [0.3, 0.4) is 0 Å². The lowest BCUT2D eigenvalue weighted by Crippen LogP contribution is -2.36. The van der Waals surface area contributed by atoms with Gasteiger partial charge in [0.2, 0.25) is 0 Å². The fourth-order valence-corrected chi connectivity index (χ4v) is 5.40. The minimum atomic E-state index is -3.91. The molecule has 0 unspecified atom stereocenters. The average molecular weight is 495 g/mol. The first-order valence-electron chi connectivity index (χ1n) is 11.7. The highest BCUT2D eigenvalue weighted by Crippen LogP contribution is 2.40. The Hall–Kier alpha value is -4.00. The summed E-state index contributed by atoms with van der Waals surface area (Å²) in [6, 6.07) is 37.3. The summed E-state index contributed by atoms with van der Waals surface area (Å²) in [6.07, 6.45) is 3.60. The van der Waals surface area contributed by atoms with Crippen LogP contribution in [0.5, 0.6) is 0 Å². The molecule has 0 N–H and O–H groups in total. The number of hydrogen-bond acceptors (Lipinski definition) is 4. The maximum Gasteiger partial charge on any atom is 0.297 e. The molecule has 5 nitrogen and oxygen atoms in total. The Labute approximate surface area is 211 Å². The van der Waals surface area contributed by atoms with Gasteiger partial charge in [-0.2, -0.15) is 8.42 Å². The number of imidazole rings is 1. The summed E-state index contributed by atoms with van der Waals surface area (Å²) in [5.41, 5.74) is 3.94. The van der Waals surface area contributed by atoms with Crippen LogP contribution < -0.4 is 0 Å². The lowest BCUT2D eigenvalue weighted by molar-refractivity contribution is 0.303. The average Bonchev–Trinajstić information content (AvgIpc) is 3.40. The zero-order valence-corrected chi connectivity index (χ0v) is 20.7. The number of aryl methyl sites for hydroxylation is 1. The van der Waals surface area contributed by atoms with E-state index < -0.39 is 15.7 Å². The summed E-state index contributed by atoms with van der Waals surface area (Å²) in [5.74, 6) is 0. The van der Waals surface area contributed by atoms with Crippen LogP contribution in [0.1, 0.15) is 27.9 Å². The quantitative estimate of drug-likeness (QED) is 0.198. The third-order valence-electron chi connectivity index (χ3n) is 6.27. The second-order valence-electron chi connectivity index (χ2n) is 8.61. The van der Waals surface area contributed by atoms with Crippen molar-refractivity contribution in [2.75, 3.05) is 0 Å². The maximum atomic E-state index is 12.7. The highest BCUT2D eigenvalue weighted by molar-refractivity contribution is 7.86. The van der Waals surface area contributed by atoms with Crippen molar-refractivity contribution < 1.29 is 12.6 Å². The van der Waals surface area contributed by atoms with E-state index in [-0.39, 0.29) is 11.5 Å². The Morgan fingerprint density at radius 1 is 0.722 bits per heavy atom. The van der Waals surface area contributed by atoms with Gasteiger partial charge in [-0.15, -0.1) is 0 Å². The predicted octanol–water partition coefficient (Wildman–Crippen LogP) is 5.94. The summed E-state index contributed by atoms with van der Waals surface area (Å²) in [5, 5.41) is 0. The van der Waals surface area contributed by atoms with Gasteiger partial charge in [-0.1, -0.05) is 109 Å². The summed E-state index contributed by atoms with van der Waals surface area (Å²) < 4.78 is 32.9. The van der Waals surface area contributed by atoms with E-state index in [2.05, 4.69) is 41.4 Å². The Kier molecular flexibility index (Phi) is 6.55. The third kappa shape index (κ3) is 4.49. The predicted molar refractivity (Wildman–Crippen MR) is 140 cm³/mol. The fourth-order valence-electron chi connectivity index (χ4n) is 4.52. The zero-order chi connectivity index (χ0) is 25.0. The van der Waals surface area contributed by atoms with Crippen molar-refractivity contribution in [3.05, 3.63) is 156 Å². The molecule has 36 heavy (non-hydrogen) atoms. The maximum absolute atomic E-state index is 12.7. The van der Waals surface area contributed by atoms with Crippen LogP contribution in [-0.2, 0) is 26.4 Å². The van der Waals surface area contributed by atoms with Gasteiger partial charge in [-0.05, 0) is 35.7 Å². The van der Waals surface area contributed by atoms with Crippen molar-refractivity contribution in [2.45, 2.75) is 24.0 Å². The van der Waals surface area contributed by atoms with Gasteiger partial charge in [0.25, 0.3) is 10.1 Å². The molecule has 5 aromatic rings. The molecule has 6 heteroatoms. The largest absolute Gasteiger partial charge is 0.319 e. The number of benzene rings is 4. The Morgan fingerprint density at radius 2 is 1.19 bits per heavy atom. The molecule has 4 aromatic carbocycles. The first-order valence-corrected chi connectivity index (χ1v) is 13.1. The molecule has 0 spiro atoms. The topological polar surface area (TPSA) is 61.2 Å². The van der Waals surface area contributed by atoms with Crippen LogP contribution in [0.15, 0.2) is 133 Å². The van der Waals surface area contributed by atoms with E-state index in [1.165, 1.54) is 0 Å². The van der Waals surface area contributed by atoms with E-state index in [4.69, 9.17) is 4.18 Å². The zero-order valence-electron chi connectivity index (χ0n) is 19.9. The molecule has 0 aliphatic carbocycles. The molecule has 1 aromatic heterocycles. The molecular formula is C30H26N2O3S. The minimum Gasteiger partial charge on any atom is -0.319 e. The van der Waals surface area contributed by atoms with E-state index in [0.717, 1.165) is 22.3 Å². The van der Waals surface area contributed by atoms with Crippen molar-refractivity contribution in [3.63, 3.8) is 0 Å². The van der Waals surface area contributed by atoms with E-state index in [0.29, 0.717) is 5.69 Å². The second kappa shape index (κ2) is 9.93. The smallest absolute Gasteiger partial charge is 0.297 e. The molecule has 5 rings (SSSR count). The lowest BCUT2D eigenvalue weighted by atomic mass is 9.77. The van der Waals surface area contributed by atoms with Crippen molar-refractivity contribution in [1.82, 2.24) is 9.55 Å². The summed E-state index contributed by atoms with van der Waals surface area (Å²) in [4.78, 5) is 4.67. The standard InChI is InChI=1S/C30H26N2O3S/c1-24-17-19-29(20-18-24)36(33,34)35-22-28-21-32(23-31-28)30(25-11-5-2-6-12-25,26-13-7-3-8-14-26)27-15-9-4-10-16-27/h2-21,23H,22H2,1H3. The molecule has 0 aliphatic rings. The monoisotopic (exact) mass is 494 g/mol. The molecule has 0 saturated heterocycles. The van der Waals surface area contributed by atoms with E-state index in [1.807, 2.05) is 72.3 Å². The van der Waals surface area contributed by atoms with Crippen molar-refractivity contribution >= 4 is 10.1 Å². The molecule has 0 bridgehead atoms. The van der Waals surface area contributed by atoms with Gasteiger partial charge in [0.15, 0.2) is 0 Å². The normalized spacial score (nSPS) is 11.9. The molecule has 0 saturated carbocycles. The fraction of sp³-hybridized carbons (Fsp3) is 0.100. The molecule has 0 aliphatic heterocycles. The van der Waals surface area contributed by atoms with Gasteiger partial charge in [-0.3, -0.25) is 4.18 Å². The third-order valence-corrected chi connectivity index (χ3v) is 7.55. The molecule has 180 valence electrons. The molecule has 0 radical (unpaired) electrons.